The minimum Gasteiger partial charge on any atom is -0.310 e. The number of nitrogens with zero attached hydrogens (tertiary/aromatic N) is 2. The van der Waals surface area contributed by atoms with Crippen molar-refractivity contribution in [2.45, 2.75) is 0 Å². The molecule has 0 atom stereocenters. The number of aromatic nitrogens is 1. The summed E-state index contributed by atoms with van der Waals surface area (Å²) in [6, 6.07) is 83.0. The van der Waals surface area contributed by atoms with Crippen LogP contribution in [0.1, 0.15) is 0 Å². The van der Waals surface area contributed by atoms with Crippen LogP contribution in [0.15, 0.2) is 231 Å². The molecule has 1 heterocycles. The Hall–Kier alpha value is -7.42. The van der Waals surface area contributed by atoms with E-state index in [0.29, 0.717) is 0 Å². The summed E-state index contributed by atoms with van der Waals surface area (Å²) in [6.07, 6.45) is 0. The van der Waals surface area contributed by atoms with Crippen LogP contribution in [0.4, 0.5) is 17.1 Å². The van der Waals surface area contributed by atoms with Crippen molar-refractivity contribution < 1.29 is 0 Å². The molecule has 0 fully saturated rings. The van der Waals surface area contributed by atoms with E-state index < -0.39 is 0 Å². The van der Waals surface area contributed by atoms with Crippen molar-refractivity contribution in [3.8, 4) is 50.2 Å². The van der Waals surface area contributed by atoms with Crippen LogP contribution in [-0.2, 0) is 0 Å². The second kappa shape index (κ2) is 14.4. The number of fused-ring (bicyclic) bond motifs is 3. The molecule has 0 saturated carbocycles. The van der Waals surface area contributed by atoms with Gasteiger partial charge in [0.1, 0.15) is 0 Å². The molecule has 0 radical (unpaired) electrons. The lowest BCUT2D eigenvalue weighted by Gasteiger charge is -2.28. The predicted molar refractivity (Wildman–Crippen MR) is 237 cm³/mol. The van der Waals surface area contributed by atoms with Crippen LogP contribution in [0.5, 0.6) is 0 Å². The third kappa shape index (κ3) is 6.04. The molecule has 0 aliphatic heterocycles. The Morgan fingerprint density at radius 3 is 1.48 bits per heavy atom. The average molecular weight is 715 g/mol. The smallest absolute Gasteiger partial charge is 0.0562 e. The Labute approximate surface area is 327 Å². The van der Waals surface area contributed by atoms with Gasteiger partial charge in [0.05, 0.1) is 16.7 Å². The van der Waals surface area contributed by atoms with Gasteiger partial charge in [-0.15, -0.1) is 0 Å². The molecule has 0 unspecified atom stereocenters. The summed E-state index contributed by atoms with van der Waals surface area (Å²) in [5.74, 6) is 0. The van der Waals surface area contributed by atoms with E-state index in [0.717, 1.165) is 28.3 Å². The number of rotatable bonds is 8. The highest BCUT2D eigenvalue weighted by Gasteiger charge is 2.21. The minimum absolute atomic E-state index is 1.08. The Balaban J connectivity index is 1.18. The summed E-state index contributed by atoms with van der Waals surface area (Å²) in [5, 5.41) is 2.47. The highest BCUT2D eigenvalue weighted by Crippen LogP contribution is 2.45. The number of hydrogen-bond acceptors (Lipinski definition) is 1. The number of benzene rings is 9. The van der Waals surface area contributed by atoms with Gasteiger partial charge in [-0.2, -0.15) is 0 Å². The van der Waals surface area contributed by atoms with Gasteiger partial charge in [-0.1, -0.05) is 176 Å². The highest BCUT2D eigenvalue weighted by atomic mass is 15.1. The van der Waals surface area contributed by atoms with Crippen LogP contribution in [0, 0.1) is 0 Å². The van der Waals surface area contributed by atoms with Crippen molar-refractivity contribution >= 4 is 38.9 Å². The molecular formula is C54H38N2. The van der Waals surface area contributed by atoms with Crippen LogP contribution >= 0.6 is 0 Å². The molecule has 0 bridgehead atoms. The molecule has 0 spiro atoms. The zero-order valence-electron chi connectivity index (χ0n) is 30.8. The highest BCUT2D eigenvalue weighted by molar-refractivity contribution is 6.16. The van der Waals surface area contributed by atoms with Gasteiger partial charge in [-0.25, -0.2) is 0 Å². The lowest BCUT2D eigenvalue weighted by Crippen LogP contribution is -2.11. The summed E-state index contributed by atoms with van der Waals surface area (Å²) in [7, 11) is 0. The zero-order valence-corrected chi connectivity index (χ0v) is 30.8. The molecule has 0 aliphatic carbocycles. The monoisotopic (exact) mass is 714 g/mol. The number of anilines is 3. The van der Waals surface area contributed by atoms with Crippen molar-refractivity contribution in [2.75, 3.05) is 4.90 Å². The largest absolute Gasteiger partial charge is 0.310 e. The molecule has 0 aliphatic rings. The van der Waals surface area contributed by atoms with Crippen molar-refractivity contribution in [3.63, 3.8) is 0 Å². The maximum atomic E-state index is 2.42. The second-order valence-corrected chi connectivity index (χ2v) is 14.2. The Bertz CT molecular complexity index is 2930. The van der Waals surface area contributed by atoms with Gasteiger partial charge in [0, 0.05) is 33.4 Å². The Kier molecular flexibility index (Phi) is 8.55. The lowest BCUT2D eigenvalue weighted by molar-refractivity contribution is 1.18. The minimum atomic E-state index is 1.08. The van der Waals surface area contributed by atoms with Gasteiger partial charge in [0.25, 0.3) is 0 Å². The molecule has 264 valence electrons. The van der Waals surface area contributed by atoms with E-state index >= 15 is 0 Å². The van der Waals surface area contributed by atoms with Crippen LogP contribution in [0.25, 0.3) is 72.0 Å². The lowest BCUT2D eigenvalue weighted by atomic mass is 9.98. The quantitative estimate of drug-likeness (QED) is 0.152. The zero-order chi connectivity index (χ0) is 37.3. The Morgan fingerprint density at radius 1 is 0.304 bits per heavy atom. The molecule has 9 aromatic carbocycles. The van der Waals surface area contributed by atoms with E-state index in [4.69, 9.17) is 0 Å². The third-order valence-electron chi connectivity index (χ3n) is 10.8. The molecule has 0 saturated heterocycles. The molecule has 1 aromatic heterocycles. The van der Waals surface area contributed by atoms with E-state index in [9.17, 15) is 0 Å². The van der Waals surface area contributed by atoms with Gasteiger partial charge >= 0.3 is 0 Å². The van der Waals surface area contributed by atoms with E-state index in [1.54, 1.807) is 0 Å². The second-order valence-electron chi connectivity index (χ2n) is 14.2. The fourth-order valence-corrected chi connectivity index (χ4v) is 8.18. The summed E-state index contributed by atoms with van der Waals surface area (Å²) >= 11 is 0. The average Bonchev–Trinajstić information content (AvgIpc) is 3.62. The van der Waals surface area contributed by atoms with E-state index in [1.807, 2.05) is 0 Å². The number of hydrogen-bond donors (Lipinski definition) is 0. The first kappa shape index (κ1) is 33.2. The number of para-hydroxylation sites is 2. The first-order valence-corrected chi connectivity index (χ1v) is 19.2. The summed E-state index contributed by atoms with van der Waals surface area (Å²) in [5.41, 5.74) is 16.3. The van der Waals surface area contributed by atoms with Crippen molar-refractivity contribution in [3.05, 3.63) is 231 Å². The predicted octanol–water partition coefficient (Wildman–Crippen LogP) is 14.9. The third-order valence-corrected chi connectivity index (χ3v) is 10.8. The molecule has 10 aromatic rings. The van der Waals surface area contributed by atoms with Gasteiger partial charge in [-0.05, 0) is 93.5 Å². The van der Waals surface area contributed by atoms with Gasteiger partial charge in [0.2, 0.25) is 0 Å². The van der Waals surface area contributed by atoms with E-state index in [2.05, 4.69) is 240 Å². The van der Waals surface area contributed by atoms with Gasteiger partial charge in [0.15, 0.2) is 0 Å². The van der Waals surface area contributed by atoms with Gasteiger partial charge < -0.3 is 9.47 Å². The normalized spacial score (nSPS) is 11.2. The summed E-state index contributed by atoms with van der Waals surface area (Å²) < 4.78 is 2.42. The topological polar surface area (TPSA) is 8.17 Å². The first-order chi connectivity index (χ1) is 27.8. The van der Waals surface area contributed by atoms with Crippen molar-refractivity contribution in [1.82, 2.24) is 4.57 Å². The maximum Gasteiger partial charge on any atom is 0.0562 e. The van der Waals surface area contributed by atoms with Crippen LogP contribution in [0.2, 0.25) is 0 Å². The van der Waals surface area contributed by atoms with Crippen LogP contribution in [-0.4, -0.2) is 4.57 Å². The summed E-state index contributed by atoms with van der Waals surface area (Å²) in [6.45, 7) is 0. The Morgan fingerprint density at radius 2 is 0.804 bits per heavy atom. The molecular weight excluding hydrogens is 677 g/mol. The standard InChI is InChI=1S/C54H38N2/c1-5-17-39(18-6-1)43-23-15-24-44(37-43)40-31-33-46(34-32-40)55(51-29-14-13-27-48(51)41-19-7-2-8-20-41)47-35-36-50-53(38-47)56(45-25-11-4-12-26-45)52-30-16-28-49(54(50)52)42-21-9-3-10-22-42/h1-38H. The van der Waals surface area contributed by atoms with Gasteiger partial charge in [-0.3, -0.25) is 0 Å². The van der Waals surface area contributed by atoms with Crippen molar-refractivity contribution in [2.24, 2.45) is 0 Å². The fraction of sp³-hybridized carbons (Fsp3) is 0. The molecule has 56 heavy (non-hydrogen) atoms. The van der Waals surface area contributed by atoms with Crippen molar-refractivity contribution in [1.29, 1.82) is 0 Å². The van der Waals surface area contributed by atoms with E-state index in [1.165, 1.54) is 60.8 Å². The van der Waals surface area contributed by atoms with E-state index in [-0.39, 0.29) is 0 Å². The molecule has 10 rings (SSSR count). The molecule has 2 nitrogen and oxygen atoms in total. The first-order valence-electron chi connectivity index (χ1n) is 19.2. The summed E-state index contributed by atoms with van der Waals surface area (Å²) in [4.78, 5) is 2.41. The maximum absolute atomic E-state index is 2.42. The van der Waals surface area contributed by atoms with Crippen LogP contribution in [0.3, 0.4) is 0 Å². The SMILES string of the molecule is c1ccc(-c2cccc(-c3ccc(N(c4ccc5c6c(-c7ccccc7)cccc6n(-c6ccccc6)c5c4)c4ccccc4-c4ccccc4)cc3)c2)cc1. The molecule has 0 N–H and O–H groups in total. The molecule has 0 amide bonds. The van der Waals surface area contributed by atoms with Crippen LogP contribution < -0.4 is 4.90 Å². The molecule has 2 heteroatoms. The fourth-order valence-electron chi connectivity index (χ4n) is 8.18.